The molecule has 1 saturated carbocycles. The lowest BCUT2D eigenvalue weighted by atomic mass is 10.1. The van der Waals surface area contributed by atoms with Crippen molar-refractivity contribution in [3.8, 4) is 0 Å². The normalized spacial score (nSPS) is 15.1. The van der Waals surface area contributed by atoms with E-state index in [-0.39, 0.29) is 5.82 Å². The highest BCUT2D eigenvalue weighted by Crippen LogP contribution is 2.41. The highest BCUT2D eigenvalue weighted by Gasteiger charge is 2.26. The molecule has 0 atom stereocenters. The molecule has 0 radical (unpaired) electrons. The Balaban J connectivity index is 2.22. The molecule has 18 heavy (non-hydrogen) atoms. The molecule has 2 nitrogen and oxygen atoms in total. The molecule has 1 N–H and O–H groups in total. The number of benzene rings is 1. The van der Waals surface area contributed by atoms with Crippen LogP contribution in [-0.2, 0) is 0 Å². The van der Waals surface area contributed by atoms with E-state index in [1.807, 2.05) is 6.07 Å². The number of anilines is 1. The molecular formula is C15H17FN2. The number of halogens is 1. The summed E-state index contributed by atoms with van der Waals surface area (Å²) in [5.41, 5.74) is 3.61. The topological polar surface area (TPSA) is 24.9 Å². The van der Waals surface area contributed by atoms with Gasteiger partial charge >= 0.3 is 0 Å². The van der Waals surface area contributed by atoms with E-state index in [0.717, 1.165) is 28.8 Å². The second kappa shape index (κ2) is 4.23. The van der Waals surface area contributed by atoms with Crippen LogP contribution in [-0.4, -0.2) is 11.5 Å². The predicted octanol–water partition coefficient (Wildman–Crippen LogP) is 3.99. The maximum Gasteiger partial charge on any atom is 0.128 e. The molecule has 0 spiro atoms. The smallest absolute Gasteiger partial charge is 0.128 e. The van der Waals surface area contributed by atoms with Gasteiger partial charge in [-0.15, -0.1) is 0 Å². The lowest BCUT2D eigenvalue weighted by molar-refractivity contribution is 0.620. The van der Waals surface area contributed by atoms with Gasteiger partial charge in [-0.05, 0) is 44.4 Å². The second-order valence-corrected chi connectivity index (χ2v) is 5.02. The molecule has 1 heterocycles. The summed E-state index contributed by atoms with van der Waals surface area (Å²) in [4.78, 5) is 4.60. The van der Waals surface area contributed by atoms with Gasteiger partial charge in [0.1, 0.15) is 5.82 Å². The highest BCUT2D eigenvalue weighted by atomic mass is 19.1. The Labute approximate surface area is 106 Å². The van der Waals surface area contributed by atoms with Gasteiger partial charge in [0, 0.05) is 35.3 Å². The molecule has 0 aliphatic heterocycles. The summed E-state index contributed by atoms with van der Waals surface area (Å²) in [6.45, 7) is 4.72. The Morgan fingerprint density at radius 1 is 1.33 bits per heavy atom. The Kier molecular flexibility index (Phi) is 2.69. The lowest BCUT2D eigenvalue weighted by Gasteiger charge is -2.11. The van der Waals surface area contributed by atoms with Crippen LogP contribution in [0.4, 0.5) is 10.1 Å². The van der Waals surface area contributed by atoms with Gasteiger partial charge in [0.15, 0.2) is 0 Å². The third kappa shape index (κ3) is 1.94. The Morgan fingerprint density at radius 3 is 2.78 bits per heavy atom. The van der Waals surface area contributed by atoms with Gasteiger partial charge in [0.05, 0.1) is 5.52 Å². The molecule has 0 unspecified atom stereocenters. The van der Waals surface area contributed by atoms with Crippen molar-refractivity contribution in [1.82, 2.24) is 4.98 Å². The lowest BCUT2D eigenvalue weighted by Crippen LogP contribution is -2.01. The molecule has 1 aromatic heterocycles. The fourth-order valence-electron chi connectivity index (χ4n) is 2.30. The van der Waals surface area contributed by atoms with Crippen LogP contribution >= 0.6 is 0 Å². The first kappa shape index (κ1) is 11.5. The summed E-state index contributed by atoms with van der Waals surface area (Å²) in [5.74, 6) is 0.404. The number of aromatic nitrogens is 1. The Morgan fingerprint density at radius 2 is 2.11 bits per heavy atom. The first-order valence-electron chi connectivity index (χ1n) is 6.53. The molecule has 0 saturated heterocycles. The Hall–Kier alpha value is -1.64. The minimum atomic E-state index is -0.176. The summed E-state index contributed by atoms with van der Waals surface area (Å²) in [7, 11) is 0. The van der Waals surface area contributed by atoms with Crippen molar-refractivity contribution in [2.24, 2.45) is 0 Å². The van der Waals surface area contributed by atoms with Gasteiger partial charge in [-0.1, -0.05) is 0 Å². The number of aryl methyl sites for hydroxylation is 1. The van der Waals surface area contributed by atoms with Crippen LogP contribution in [0.15, 0.2) is 18.2 Å². The van der Waals surface area contributed by atoms with E-state index >= 15 is 0 Å². The van der Waals surface area contributed by atoms with E-state index in [4.69, 9.17) is 0 Å². The van der Waals surface area contributed by atoms with Gasteiger partial charge in [-0.3, -0.25) is 4.98 Å². The van der Waals surface area contributed by atoms with E-state index in [1.54, 1.807) is 13.0 Å². The van der Waals surface area contributed by atoms with Gasteiger partial charge in [0.25, 0.3) is 0 Å². The molecule has 3 rings (SSSR count). The van der Waals surface area contributed by atoms with Crippen LogP contribution in [0, 0.1) is 12.7 Å². The van der Waals surface area contributed by atoms with E-state index < -0.39 is 0 Å². The first-order chi connectivity index (χ1) is 8.69. The summed E-state index contributed by atoms with van der Waals surface area (Å²) in [5, 5.41) is 4.37. The predicted molar refractivity (Wildman–Crippen MR) is 72.6 cm³/mol. The van der Waals surface area contributed by atoms with Crippen LogP contribution in [0.3, 0.4) is 0 Å². The van der Waals surface area contributed by atoms with E-state index in [0.29, 0.717) is 11.5 Å². The van der Waals surface area contributed by atoms with Crippen molar-refractivity contribution >= 4 is 16.6 Å². The molecule has 94 valence electrons. The zero-order valence-corrected chi connectivity index (χ0v) is 10.8. The third-order valence-corrected chi connectivity index (χ3v) is 3.47. The van der Waals surface area contributed by atoms with Gasteiger partial charge in [0.2, 0.25) is 0 Å². The first-order valence-corrected chi connectivity index (χ1v) is 6.53. The summed E-state index contributed by atoms with van der Waals surface area (Å²) >= 11 is 0. The number of hydrogen-bond acceptors (Lipinski definition) is 2. The van der Waals surface area contributed by atoms with Crippen molar-refractivity contribution < 1.29 is 4.39 Å². The average molecular weight is 244 g/mol. The molecule has 1 aliphatic carbocycles. The fraction of sp³-hybridized carbons (Fsp3) is 0.400. The van der Waals surface area contributed by atoms with Crippen LogP contribution < -0.4 is 5.32 Å². The number of nitrogens with one attached hydrogen (secondary N) is 1. The number of pyridine rings is 1. The van der Waals surface area contributed by atoms with Crippen molar-refractivity contribution in [2.75, 3.05) is 11.9 Å². The zero-order chi connectivity index (χ0) is 12.7. The SMILES string of the molecule is CCNc1cc(C2CC2)nc2cc(F)c(C)cc12. The molecule has 3 heteroatoms. The summed E-state index contributed by atoms with van der Waals surface area (Å²) < 4.78 is 13.7. The maximum absolute atomic E-state index is 13.7. The van der Waals surface area contributed by atoms with Gasteiger partial charge in [-0.2, -0.15) is 0 Å². The molecule has 0 amide bonds. The number of hydrogen-bond donors (Lipinski definition) is 1. The molecule has 0 bridgehead atoms. The molecule has 1 fully saturated rings. The van der Waals surface area contributed by atoms with E-state index in [9.17, 15) is 4.39 Å². The van der Waals surface area contributed by atoms with Crippen LogP contribution in [0.25, 0.3) is 10.9 Å². The fourth-order valence-corrected chi connectivity index (χ4v) is 2.30. The highest BCUT2D eigenvalue weighted by molar-refractivity contribution is 5.92. The van der Waals surface area contributed by atoms with Crippen LogP contribution in [0.1, 0.15) is 36.9 Å². The van der Waals surface area contributed by atoms with Crippen LogP contribution in [0.2, 0.25) is 0 Å². The Bertz CT molecular complexity index is 603. The molecule has 1 aliphatic rings. The van der Waals surface area contributed by atoms with Crippen molar-refractivity contribution in [3.05, 3.63) is 35.3 Å². The minimum absolute atomic E-state index is 0.176. The van der Waals surface area contributed by atoms with Crippen LogP contribution in [0.5, 0.6) is 0 Å². The largest absolute Gasteiger partial charge is 0.385 e. The third-order valence-electron chi connectivity index (χ3n) is 3.47. The van der Waals surface area contributed by atoms with Crippen molar-refractivity contribution in [2.45, 2.75) is 32.6 Å². The number of nitrogens with zero attached hydrogens (tertiary/aromatic N) is 1. The maximum atomic E-state index is 13.7. The molecule has 1 aromatic carbocycles. The van der Waals surface area contributed by atoms with Crippen molar-refractivity contribution in [1.29, 1.82) is 0 Å². The quantitative estimate of drug-likeness (QED) is 0.883. The molecular weight excluding hydrogens is 227 g/mol. The van der Waals surface area contributed by atoms with E-state index in [2.05, 4.69) is 23.3 Å². The van der Waals surface area contributed by atoms with Crippen molar-refractivity contribution in [3.63, 3.8) is 0 Å². The average Bonchev–Trinajstić information content (AvgIpc) is 3.15. The standard InChI is InChI=1S/C15H17FN2/c1-3-17-14-8-13(10-4-5-10)18-15-7-12(16)9(2)6-11(14)15/h6-8,10H,3-5H2,1-2H3,(H,17,18). The minimum Gasteiger partial charge on any atom is -0.385 e. The number of fused-ring (bicyclic) bond motifs is 1. The van der Waals surface area contributed by atoms with E-state index in [1.165, 1.54) is 12.8 Å². The number of rotatable bonds is 3. The zero-order valence-electron chi connectivity index (χ0n) is 10.8. The summed E-state index contributed by atoms with van der Waals surface area (Å²) in [6, 6.07) is 5.56. The summed E-state index contributed by atoms with van der Waals surface area (Å²) in [6.07, 6.45) is 2.41. The second-order valence-electron chi connectivity index (χ2n) is 5.02. The monoisotopic (exact) mass is 244 g/mol. The van der Waals surface area contributed by atoms with Gasteiger partial charge in [-0.25, -0.2) is 4.39 Å². The van der Waals surface area contributed by atoms with Gasteiger partial charge < -0.3 is 5.32 Å². The molecule has 2 aromatic rings.